The molecule has 25 heavy (non-hydrogen) atoms. The maximum absolute atomic E-state index is 12.2. The third-order valence-electron chi connectivity index (χ3n) is 3.50. The Morgan fingerprint density at radius 3 is 2.76 bits per heavy atom. The van der Waals surface area contributed by atoms with Gasteiger partial charge in [0, 0.05) is 36.7 Å². The number of hydrogen-bond donors (Lipinski definition) is 4. The van der Waals surface area contributed by atoms with Crippen LogP contribution in [0.25, 0.3) is 0 Å². The quantitative estimate of drug-likeness (QED) is 0.528. The molecule has 1 aromatic carbocycles. The maximum Gasteiger partial charge on any atom is 0.346 e. The number of rotatable bonds is 6. The minimum Gasteiger partial charge on any atom is -0.383 e. The number of carbonyl (C=O) groups excluding carboxylic acids is 1. The van der Waals surface area contributed by atoms with Gasteiger partial charge in [0.1, 0.15) is 11.5 Å². The first-order chi connectivity index (χ1) is 12.1. The standard InChI is InChI=1S/C16H17N7O2/c17-14-13(9-20-16(25)22-14)21-15(24)11-1-3-12(4-2-11)19-6-8-23-7-5-18-10-23/h1-5,7,9-10,19H,6,8H2,(H,21,24)(H3,17,20,22,25). The van der Waals surface area contributed by atoms with Crippen LogP contribution in [0.5, 0.6) is 0 Å². The van der Waals surface area contributed by atoms with Crippen molar-refractivity contribution in [2.24, 2.45) is 0 Å². The molecule has 3 rings (SSSR count). The lowest BCUT2D eigenvalue weighted by atomic mass is 10.2. The molecule has 2 heterocycles. The zero-order valence-electron chi connectivity index (χ0n) is 13.3. The summed E-state index contributed by atoms with van der Waals surface area (Å²) in [5.74, 6) is -0.281. The van der Waals surface area contributed by atoms with Crippen LogP contribution in [0.2, 0.25) is 0 Å². The van der Waals surface area contributed by atoms with Crippen LogP contribution >= 0.6 is 0 Å². The Bertz CT molecular complexity index is 901. The first-order valence-corrected chi connectivity index (χ1v) is 7.57. The van der Waals surface area contributed by atoms with Gasteiger partial charge < -0.3 is 20.9 Å². The zero-order chi connectivity index (χ0) is 17.6. The molecule has 0 aliphatic carbocycles. The third-order valence-corrected chi connectivity index (χ3v) is 3.50. The molecule has 0 aliphatic rings. The van der Waals surface area contributed by atoms with Gasteiger partial charge >= 0.3 is 5.69 Å². The van der Waals surface area contributed by atoms with E-state index in [1.165, 1.54) is 6.20 Å². The van der Waals surface area contributed by atoms with Gasteiger partial charge in [-0.1, -0.05) is 0 Å². The first-order valence-electron chi connectivity index (χ1n) is 7.57. The number of benzene rings is 1. The number of carbonyl (C=O) groups is 1. The first kappa shape index (κ1) is 16.2. The average molecular weight is 339 g/mol. The third kappa shape index (κ3) is 4.22. The number of nitrogens with zero attached hydrogens (tertiary/aromatic N) is 3. The van der Waals surface area contributed by atoms with E-state index in [1.54, 1.807) is 24.7 Å². The van der Waals surface area contributed by atoms with Crippen LogP contribution in [-0.4, -0.2) is 32.0 Å². The Hall–Kier alpha value is -3.62. The Labute approximate surface area is 142 Å². The molecular weight excluding hydrogens is 322 g/mol. The number of nitrogens with two attached hydrogens (primary N) is 1. The molecule has 128 valence electrons. The number of hydrogen-bond acceptors (Lipinski definition) is 6. The molecule has 0 atom stereocenters. The van der Waals surface area contributed by atoms with Gasteiger partial charge in [-0.2, -0.15) is 4.98 Å². The summed E-state index contributed by atoms with van der Waals surface area (Å²) in [4.78, 5) is 33.1. The number of H-pyrrole nitrogens is 1. The highest BCUT2D eigenvalue weighted by Gasteiger charge is 2.09. The second-order valence-electron chi connectivity index (χ2n) is 5.27. The van der Waals surface area contributed by atoms with E-state index in [1.807, 2.05) is 22.9 Å². The van der Waals surface area contributed by atoms with E-state index in [2.05, 4.69) is 25.6 Å². The molecule has 0 saturated carbocycles. The smallest absolute Gasteiger partial charge is 0.346 e. The van der Waals surface area contributed by atoms with E-state index in [9.17, 15) is 9.59 Å². The normalized spacial score (nSPS) is 10.4. The van der Waals surface area contributed by atoms with Gasteiger partial charge in [0.15, 0.2) is 0 Å². The summed E-state index contributed by atoms with van der Waals surface area (Å²) < 4.78 is 1.97. The fourth-order valence-corrected chi connectivity index (χ4v) is 2.19. The summed E-state index contributed by atoms with van der Waals surface area (Å²) >= 11 is 0. The molecule has 9 nitrogen and oxygen atoms in total. The Morgan fingerprint density at radius 2 is 2.08 bits per heavy atom. The molecular formula is C16H17N7O2. The lowest BCUT2D eigenvalue weighted by Gasteiger charge is -2.09. The number of nitrogen functional groups attached to an aromatic ring is 1. The fourth-order valence-electron chi connectivity index (χ4n) is 2.19. The average Bonchev–Trinajstić information content (AvgIpc) is 3.11. The molecule has 1 amide bonds. The molecule has 0 aliphatic heterocycles. The Morgan fingerprint density at radius 1 is 1.28 bits per heavy atom. The molecule has 0 saturated heterocycles. The molecule has 9 heteroatoms. The predicted molar refractivity (Wildman–Crippen MR) is 94.4 cm³/mol. The van der Waals surface area contributed by atoms with E-state index in [-0.39, 0.29) is 17.4 Å². The largest absolute Gasteiger partial charge is 0.383 e. The van der Waals surface area contributed by atoms with Crippen LogP contribution < -0.4 is 22.1 Å². The van der Waals surface area contributed by atoms with Crippen LogP contribution in [0.4, 0.5) is 17.2 Å². The van der Waals surface area contributed by atoms with Crippen molar-refractivity contribution >= 4 is 23.1 Å². The van der Waals surface area contributed by atoms with Gasteiger partial charge in [0.25, 0.3) is 5.91 Å². The summed E-state index contributed by atoms with van der Waals surface area (Å²) in [7, 11) is 0. The van der Waals surface area contributed by atoms with Gasteiger partial charge in [0.05, 0.1) is 12.5 Å². The van der Waals surface area contributed by atoms with Crippen molar-refractivity contribution < 1.29 is 4.79 Å². The fraction of sp³-hybridized carbons (Fsp3) is 0.125. The molecule has 5 N–H and O–H groups in total. The van der Waals surface area contributed by atoms with Crippen molar-refractivity contribution in [3.8, 4) is 0 Å². The highest BCUT2D eigenvalue weighted by atomic mass is 16.2. The van der Waals surface area contributed by atoms with Crippen LogP contribution in [0.1, 0.15) is 10.4 Å². The summed E-state index contributed by atoms with van der Waals surface area (Å²) in [5.41, 5.74) is 6.70. The van der Waals surface area contributed by atoms with Gasteiger partial charge in [-0.15, -0.1) is 0 Å². The minimum absolute atomic E-state index is 0.0612. The molecule has 0 bridgehead atoms. The number of aromatic amines is 1. The number of nitrogens with one attached hydrogen (secondary N) is 3. The second-order valence-corrected chi connectivity index (χ2v) is 5.27. The lowest BCUT2D eigenvalue weighted by Crippen LogP contribution is -2.18. The van der Waals surface area contributed by atoms with E-state index in [4.69, 9.17) is 5.73 Å². The summed E-state index contributed by atoms with van der Waals surface area (Å²) in [6, 6.07) is 7.03. The van der Waals surface area contributed by atoms with Gasteiger partial charge in [0.2, 0.25) is 0 Å². The van der Waals surface area contributed by atoms with Crippen LogP contribution in [-0.2, 0) is 6.54 Å². The molecule has 3 aromatic rings. The van der Waals surface area contributed by atoms with Crippen molar-refractivity contribution in [3.63, 3.8) is 0 Å². The van der Waals surface area contributed by atoms with Crippen molar-refractivity contribution in [2.45, 2.75) is 6.54 Å². The predicted octanol–water partition coefficient (Wildman–Crippen LogP) is 0.913. The number of amides is 1. The maximum atomic E-state index is 12.2. The topological polar surface area (TPSA) is 131 Å². The Balaban J connectivity index is 1.57. The van der Waals surface area contributed by atoms with Crippen LogP contribution in [0.3, 0.4) is 0 Å². The summed E-state index contributed by atoms with van der Waals surface area (Å²) in [6.45, 7) is 1.53. The van der Waals surface area contributed by atoms with Gasteiger partial charge in [-0.05, 0) is 24.3 Å². The van der Waals surface area contributed by atoms with Crippen molar-refractivity contribution in [1.82, 2.24) is 19.5 Å². The van der Waals surface area contributed by atoms with Gasteiger partial charge in [-0.25, -0.2) is 9.78 Å². The van der Waals surface area contributed by atoms with Crippen LogP contribution in [0.15, 0.2) is 54.0 Å². The lowest BCUT2D eigenvalue weighted by molar-refractivity contribution is 0.102. The molecule has 0 radical (unpaired) electrons. The Kier molecular flexibility index (Phi) is 4.74. The zero-order valence-corrected chi connectivity index (χ0v) is 13.3. The second kappa shape index (κ2) is 7.30. The monoisotopic (exact) mass is 339 g/mol. The van der Waals surface area contributed by atoms with E-state index >= 15 is 0 Å². The number of anilines is 3. The van der Waals surface area contributed by atoms with E-state index < -0.39 is 5.69 Å². The molecule has 2 aromatic heterocycles. The van der Waals surface area contributed by atoms with Crippen LogP contribution in [0, 0.1) is 0 Å². The van der Waals surface area contributed by atoms with Crippen molar-refractivity contribution in [1.29, 1.82) is 0 Å². The molecule has 0 spiro atoms. The number of aromatic nitrogens is 4. The highest BCUT2D eigenvalue weighted by Crippen LogP contribution is 2.14. The van der Waals surface area contributed by atoms with E-state index in [0.29, 0.717) is 5.56 Å². The number of imidazole rings is 1. The molecule has 0 fully saturated rings. The highest BCUT2D eigenvalue weighted by molar-refractivity contribution is 6.05. The molecule has 0 unspecified atom stereocenters. The minimum atomic E-state index is -0.568. The summed E-state index contributed by atoms with van der Waals surface area (Å²) in [5, 5.41) is 5.87. The van der Waals surface area contributed by atoms with Gasteiger partial charge in [-0.3, -0.25) is 9.78 Å². The van der Waals surface area contributed by atoms with Crippen molar-refractivity contribution in [3.05, 3.63) is 65.2 Å². The van der Waals surface area contributed by atoms with E-state index in [0.717, 1.165) is 18.8 Å². The summed E-state index contributed by atoms with van der Waals surface area (Å²) in [6.07, 6.45) is 6.61. The van der Waals surface area contributed by atoms with Crippen molar-refractivity contribution in [2.75, 3.05) is 22.9 Å². The SMILES string of the molecule is Nc1[nH]c(=O)ncc1NC(=O)c1ccc(NCCn2ccnc2)cc1.